The van der Waals surface area contributed by atoms with E-state index in [9.17, 15) is 0 Å². The van der Waals surface area contributed by atoms with E-state index in [1.165, 1.54) is 0 Å². The van der Waals surface area contributed by atoms with E-state index in [0.29, 0.717) is 5.92 Å². The van der Waals surface area contributed by atoms with Crippen molar-refractivity contribution in [3.05, 3.63) is 23.8 Å². The maximum atomic E-state index is 5.81. The maximum absolute atomic E-state index is 5.81. The van der Waals surface area contributed by atoms with E-state index in [2.05, 4.69) is 25.7 Å². The number of anilines is 1. The van der Waals surface area contributed by atoms with Gasteiger partial charge in [-0.3, -0.25) is 0 Å². The lowest BCUT2D eigenvalue weighted by molar-refractivity contribution is 0.195. The highest BCUT2D eigenvalue weighted by Gasteiger charge is 2.08. The first-order valence-electron chi connectivity index (χ1n) is 6.78. The summed E-state index contributed by atoms with van der Waals surface area (Å²) in [6, 6.07) is 5.84. The van der Waals surface area contributed by atoms with Crippen LogP contribution < -0.4 is 10.5 Å². The predicted molar refractivity (Wildman–Crippen MR) is 78.0 cm³/mol. The molecule has 0 bridgehead atoms. The average Bonchev–Trinajstić information content (AvgIpc) is 2.37. The van der Waals surface area contributed by atoms with Gasteiger partial charge in [-0.15, -0.1) is 0 Å². The van der Waals surface area contributed by atoms with Crippen LogP contribution in [0.3, 0.4) is 0 Å². The van der Waals surface area contributed by atoms with Crippen molar-refractivity contribution in [2.45, 2.75) is 27.7 Å². The predicted octanol–water partition coefficient (Wildman–Crippen LogP) is 2.93. The first kappa shape index (κ1) is 14.8. The molecule has 0 radical (unpaired) electrons. The van der Waals surface area contributed by atoms with Gasteiger partial charge in [-0.1, -0.05) is 20.8 Å². The van der Waals surface area contributed by atoms with Crippen LogP contribution in [0.5, 0.6) is 5.75 Å². The fraction of sp³-hybridized carbons (Fsp3) is 0.600. The summed E-state index contributed by atoms with van der Waals surface area (Å²) in [7, 11) is 0. The zero-order valence-corrected chi connectivity index (χ0v) is 12.1. The van der Waals surface area contributed by atoms with Gasteiger partial charge in [0.25, 0.3) is 0 Å². The van der Waals surface area contributed by atoms with Gasteiger partial charge in [0.15, 0.2) is 0 Å². The van der Waals surface area contributed by atoms with Crippen LogP contribution in [-0.4, -0.2) is 31.1 Å². The molecule has 0 aliphatic heterocycles. The number of hydrogen-bond acceptors (Lipinski definition) is 3. The van der Waals surface area contributed by atoms with Gasteiger partial charge in [0.1, 0.15) is 5.75 Å². The molecule has 1 aromatic carbocycles. The Hall–Kier alpha value is -1.22. The normalized spacial score (nSPS) is 12.7. The molecule has 0 saturated heterocycles. The highest BCUT2D eigenvalue weighted by Crippen LogP contribution is 2.19. The van der Waals surface area contributed by atoms with Gasteiger partial charge < -0.3 is 15.4 Å². The van der Waals surface area contributed by atoms with Gasteiger partial charge in [-0.05, 0) is 43.8 Å². The van der Waals surface area contributed by atoms with Crippen LogP contribution in [-0.2, 0) is 0 Å². The van der Waals surface area contributed by atoms with Crippen molar-refractivity contribution in [1.82, 2.24) is 4.90 Å². The number of ether oxygens (including phenoxy) is 1. The fourth-order valence-electron chi connectivity index (χ4n) is 1.95. The van der Waals surface area contributed by atoms with Crippen molar-refractivity contribution in [2.24, 2.45) is 5.92 Å². The Morgan fingerprint density at radius 2 is 1.94 bits per heavy atom. The lowest BCUT2D eigenvalue weighted by Crippen LogP contribution is -2.30. The van der Waals surface area contributed by atoms with E-state index >= 15 is 0 Å². The van der Waals surface area contributed by atoms with Crippen molar-refractivity contribution in [1.29, 1.82) is 0 Å². The Morgan fingerprint density at radius 3 is 2.50 bits per heavy atom. The van der Waals surface area contributed by atoms with Gasteiger partial charge in [0, 0.05) is 18.2 Å². The minimum absolute atomic E-state index is 0.530. The Labute approximate surface area is 111 Å². The molecule has 3 nitrogen and oxygen atoms in total. The number of aryl methyl sites for hydroxylation is 1. The zero-order chi connectivity index (χ0) is 13.5. The fourth-order valence-corrected chi connectivity index (χ4v) is 1.95. The molecule has 0 aromatic heterocycles. The molecule has 0 aliphatic rings. The molecule has 0 amide bonds. The summed E-state index contributed by atoms with van der Waals surface area (Å²) >= 11 is 0. The van der Waals surface area contributed by atoms with Gasteiger partial charge in [-0.25, -0.2) is 0 Å². The van der Waals surface area contributed by atoms with E-state index in [0.717, 1.165) is 43.2 Å². The number of rotatable bonds is 7. The molecular formula is C15H26N2O. The summed E-state index contributed by atoms with van der Waals surface area (Å²) in [5.41, 5.74) is 7.68. The third kappa shape index (κ3) is 4.57. The second-order valence-electron chi connectivity index (χ2n) is 4.92. The van der Waals surface area contributed by atoms with Gasteiger partial charge >= 0.3 is 0 Å². The monoisotopic (exact) mass is 250 g/mol. The second-order valence-corrected chi connectivity index (χ2v) is 4.92. The second kappa shape index (κ2) is 7.27. The van der Waals surface area contributed by atoms with Crippen molar-refractivity contribution in [2.75, 3.05) is 32.0 Å². The number of nitrogen functional groups attached to an aromatic ring is 1. The molecular weight excluding hydrogens is 224 g/mol. The molecule has 0 fully saturated rings. The van der Waals surface area contributed by atoms with Gasteiger partial charge in [0.2, 0.25) is 0 Å². The van der Waals surface area contributed by atoms with E-state index in [-0.39, 0.29) is 0 Å². The summed E-state index contributed by atoms with van der Waals surface area (Å²) < 4.78 is 5.81. The van der Waals surface area contributed by atoms with E-state index in [1.54, 1.807) is 0 Å². The van der Waals surface area contributed by atoms with Gasteiger partial charge in [-0.2, -0.15) is 0 Å². The third-order valence-corrected chi connectivity index (χ3v) is 3.24. The first-order valence-corrected chi connectivity index (χ1v) is 6.78. The topological polar surface area (TPSA) is 38.5 Å². The highest BCUT2D eigenvalue weighted by atomic mass is 16.5. The van der Waals surface area contributed by atoms with Crippen LogP contribution in [0.25, 0.3) is 0 Å². The van der Waals surface area contributed by atoms with Crippen LogP contribution in [0.15, 0.2) is 18.2 Å². The maximum Gasteiger partial charge on any atom is 0.119 e. The molecule has 0 saturated carbocycles. The molecule has 1 rings (SSSR count). The summed E-state index contributed by atoms with van der Waals surface area (Å²) in [4.78, 5) is 2.42. The smallest absolute Gasteiger partial charge is 0.119 e. The van der Waals surface area contributed by atoms with Gasteiger partial charge in [0.05, 0.1) is 6.61 Å². The van der Waals surface area contributed by atoms with Crippen molar-refractivity contribution < 1.29 is 4.74 Å². The Kier molecular flexibility index (Phi) is 5.99. The average molecular weight is 250 g/mol. The Morgan fingerprint density at radius 1 is 1.28 bits per heavy atom. The third-order valence-electron chi connectivity index (χ3n) is 3.24. The summed E-state index contributed by atoms with van der Waals surface area (Å²) in [6.07, 6.45) is 0. The molecule has 0 heterocycles. The van der Waals surface area contributed by atoms with E-state index in [4.69, 9.17) is 10.5 Å². The minimum atomic E-state index is 0.530. The van der Waals surface area contributed by atoms with E-state index < -0.39 is 0 Å². The Bertz CT molecular complexity index is 362. The molecule has 18 heavy (non-hydrogen) atoms. The lowest BCUT2D eigenvalue weighted by Gasteiger charge is -2.22. The summed E-state index contributed by atoms with van der Waals surface area (Å²) in [5.74, 6) is 1.44. The largest absolute Gasteiger partial charge is 0.493 e. The highest BCUT2D eigenvalue weighted by molar-refractivity contribution is 5.49. The molecule has 0 aliphatic carbocycles. The number of nitrogens with two attached hydrogens (primary N) is 1. The Balaban J connectivity index is 2.42. The van der Waals surface area contributed by atoms with Crippen LogP contribution in [0, 0.1) is 12.8 Å². The lowest BCUT2D eigenvalue weighted by atomic mass is 10.1. The zero-order valence-electron chi connectivity index (χ0n) is 12.1. The van der Waals surface area contributed by atoms with Crippen molar-refractivity contribution in [3.63, 3.8) is 0 Å². The van der Waals surface area contributed by atoms with Crippen molar-refractivity contribution >= 4 is 5.69 Å². The molecule has 1 atom stereocenters. The molecule has 1 unspecified atom stereocenters. The van der Waals surface area contributed by atoms with Crippen LogP contribution in [0.1, 0.15) is 26.3 Å². The molecule has 3 heteroatoms. The standard InChI is InChI=1S/C15H26N2O/c1-5-17(6-2)10-12(3)11-18-14-7-8-15(16)13(4)9-14/h7-9,12H,5-6,10-11,16H2,1-4H3. The number of benzene rings is 1. The van der Waals surface area contributed by atoms with Crippen LogP contribution in [0.2, 0.25) is 0 Å². The minimum Gasteiger partial charge on any atom is -0.493 e. The number of nitrogens with zero attached hydrogens (tertiary/aromatic N) is 1. The number of hydrogen-bond donors (Lipinski definition) is 1. The SMILES string of the molecule is CCN(CC)CC(C)COc1ccc(N)c(C)c1. The quantitative estimate of drug-likeness (QED) is 0.756. The molecule has 1 aromatic rings. The van der Waals surface area contributed by atoms with Crippen LogP contribution >= 0.6 is 0 Å². The molecule has 0 spiro atoms. The van der Waals surface area contributed by atoms with E-state index in [1.807, 2.05) is 25.1 Å². The summed E-state index contributed by atoms with van der Waals surface area (Å²) in [6.45, 7) is 12.6. The summed E-state index contributed by atoms with van der Waals surface area (Å²) in [5, 5.41) is 0. The molecule has 2 N–H and O–H groups in total. The first-order chi connectivity index (χ1) is 8.56. The van der Waals surface area contributed by atoms with Crippen LogP contribution in [0.4, 0.5) is 5.69 Å². The van der Waals surface area contributed by atoms with Crippen molar-refractivity contribution in [3.8, 4) is 5.75 Å². The molecule has 102 valence electrons.